The van der Waals surface area contributed by atoms with E-state index in [0.29, 0.717) is 18.8 Å². The third-order valence-corrected chi connectivity index (χ3v) is 3.80. The number of carbonyl (C=O) groups is 2. The fourth-order valence-corrected chi connectivity index (χ4v) is 2.61. The van der Waals surface area contributed by atoms with Crippen LogP contribution in [0.25, 0.3) is 0 Å². The van der Waals surface area contributed by atoms with Crippen molar-refractivity contribution >= 4 is 11.8 Å². The van der Waals surface area contributed by atoms with Gasteiger partial charge in [-0.3, -0.25) is 9.59 Å². The van der Waals surface area contributed by atoms with E-state index in [1.165, 1.54) is 18.5 Å². The van der Waals surface area contributed by atoms with Crippen molar-refractivity contribution < 1.29 is 18.4 Å². The van der Waals surface area contributed by atoms with Gasteiger partial charge in [0.15, 0.2) is 12.1 Å². The fourth-order valence-electron chi connectivity index (χ4n) is 2.61. The lowest BCUT2D eigenvalue weighted by Gasteiger charge is -2.17. The molecule has 1 aromatic carbocycles. The molecule has 1 atom stereocenters. The highest BCUT2D eigenvalue weighted by Crippen LogP contribution is 2.16. The first-order valence-electron chi connectivity index (χ1n) is 7.26. The van der Waals surface area contributed by atoms with Crippen molar-refractivity contribution in [3.8, 4) is 0 Å². The molecule has 7 heteroatoms. The van der Waals surface area contributed by atoms with Gasteiger partial charge in [-0.05, 0) is 24.6 Å². The molecule has 0 aliphatic carbocycles. The monoisotopic (exact) mass is 317 g/mol. The Morgan fingerprint density at radius 2 is 2.17 bits per heavy atom. The van der Waals surface area contributed by atoms with Crippen molar-refractivity contribution in [1.82, 2.24) is 15.2 Å². The van der Waals surface area contributed by atoms with Gasteiger partial charge in [0.1, 0.15) is 11.6 Å². The van der Waals surface area contributed by atoms with Crippen molar-refractivity contribution in [2.24, 2.45) is 0 Å². The van der Waals surface area contributed by atoms with Crippen LogP contribution in [-0.2, 0) is 11.3 Å². The minimum absolute atomic E-state index is 0.0449. The summed E-state index contributed by atoms with van der Waals surface area (Å²) in [5, 5.41) is 2.79. The maximum atomic E-state index is 12.9. The molecule has 120 valence electrons. The van der Waals surface area contributed by atoms with E-state index < -0.39 is 0 Å². The lowest BCUT2D eigenvalue weighted by atomic mass is 10.2. The number of hydrogen-bond acceptors (Lipinski definition) is 4. The van der Waals surface area contributed by atoms with Gasteiger partial charge in [-0.2, -0.15) is 0 Å². The van der Waals surface area contributed by atoms with Crippen LogP contribution in [0.4, 0.5) is 4.39 Å². The Labute approximate surface area is 132 Å². The molecule has 0 bridgehead atoms. The number of rotatable bonds is 4. The SMILES string of the molecule is Cc1ocnc1C(=O)NC1CC(=O)N(Cc2ccc(F)cc2)C1. The Morgan fingerprint density at radius 1 is 1.43 bits per heavy atom. The van der Waals surface area contributed by atoms with Crippen LogP contribution in [0.5, 0.6) is 0 Å². The summed E-state index contributed by atoms with van der Waals surface area (Å²) in [7, 11) is 0. The molecule has 0 radical (unpaired) electrons. The Morgan fingerprint density at radius 3 is 2.83 bits per heavy atom. The number of nitrogens with zero attached hydrogens (tertiary/aromatic N) is 2. The lowest BCUT2D eigenvalue weighted by molar-refractivity contribution is -0.128. The summed E-state index contributed by atoms with van der Waals surface area (Å²) in [5.41, 5.74) is 1.08. The highest BCUT2D eigenvalue weighted by atomic mass is 19.1. The molecule has 1 aromatic heterocycles. The number of likely N-dealkylation sites (tertiary alicyclic amines) is 1. The lowest BCUT2D eigenvalue weighted by Crippen LogP contribution is -2.37. The first kappa shape index (κ1) is 15.2. The second kappa shape index (κ2) is 6.20. The van der Waals surface area contributed by atoms with Crippen LogP contribution in [0, 0.1) is 12.7 Å². The van der Waals surface area contributed by atoms with Crippen LogP contribution in [0.3, 0.4) is 0 Å². The minimum atomic E-state index is -0.349. The summed E-state index contributed by atoms with van der Waals surface area (Å²) in [6, 6.07) is 5.75. The molecule has 6 nitrogen and oxygen atoms in total. The molecule has 2 amide bonds. The van der Waals surface area contributed by atoms with Gasteiger partial charge in [0, 0.05) is 19.5 Å². The van der Waals surface area contributed by atoms with Crippen LogP contribution in [0.1, 0.15) is 28.2 Å². The molecular weight excluding hydrogens is 301 g/mol. The number of halogens is 1. The number of aromatic nitrogens is 1. The van der Waals surface area contributed by atoms with Gasteiger partial charge in [-0.25, -0.2) is 9.37 Å². The Balaban J connectivity index is 1.60. The predicted molar refractivity (Wildman–Crippen MR) is 78.9 cm³/mol. The molecule has 3 rings (SSSR count). The summed E-state index contributed by atoms with van der Waals surface area (Å²) in [4.78, 5) is 29.6. The van der Waals surface area contributed by atoms with Crippen molar-refractivity contribution in [3.63, 3.8) is 0 Å². The molecule has 1 aliphatic heterocycles. The summed E-state index contributed by atoms with van der Waals surface area (Å²) in [6.45, 7) is 2.47. The van der Waals surface area contributed by atoms with E-state index >= 15 is 0 Å². The Bertz CT molecular complexity index is 726. The van der Waals surface area contributed by atoms with E-state index in [-0.39, 0.29) is 35.8 Å². The van der Waals surface area contributed by atoms with E-state index in [2.05, 4.69) is 10.3 Å². The van der Waals surface area contributed by atoms with E-state index in [9.17, 15) is 14.0 Å². The van der Waals surface area contributed by atoms with Crippen molar-refractivity contribution in [1.29, 1.82) is 0 Å². The smallest absolute Gasteiger partial charge is 0.273 e. The van der Waals surface area contributed by atoms with Gasteiger partial charge < -0.3 is 14.6 Å². The van der Waals surface area contributed by atoms with E-state index in [1.54, 1.807) is 24.0 Å². The van der Waals surface area contributed by atoms with E-state index in [4.69, 9.17) is 4.42 Å². The molecule has 1 saturated heterocycles. The molecule has 1 unspecified atom stereocenters. The zero-order valence-corrected chi connectivity index (χ0v) is 12.6. The van der Waals surface area contributed by atoms with E-state index in [0.717, 1.165) is 5.56 Å². The second-order valence-electron chi connectivity index (χ2n) is 5.53. The van der Waals surface area contributed by atoms with Gasteiger partial charge in [0.25, 0.3) is 5.91 Å². The number of hydrogen-bond donors (Lipinski definition) is 1. The van der Waals surface area contributed by atoms with Crippen molar-refractivity contribution in [2.45, 2.75) is 25.9 Å². The predicted octanol–water partition coefficient (Wildman–Crippen LogP) is 1.65. The maximum Gasteiger partial charge on any atom is 0.273 e. The molecule has 1 aliphatic rings. The van der Waals surface area contributed by atoms with Gasteiger partial charge in [0.2, 0.25) is 5.91 Å². The third-order valence-electron chi connectivity index (χ3n) is 3.80. The first-order valence-corrected chi connectivity index (χ1v) is 7.26. The van der Waals surface area contributed by atoms with Gasteiger partial charge >= 0.3 is 0 Å². The summed E-state index contributed by atoms with van der Waals surface area (Å²) in [6.07, 6.45) is 1.45. The van der Waals surface area contributed by atoms with Crippen molar-refractivity contribution in [3.05, 3.63) is 53.5 Å². The Kier molecular flexibility index (Phi) is 4.10. The number of oxazole rings is 1. The quantitative estimate of drug-likeness (QED) is 0.930. The molecule has 2 aromatic rings. The molecule has 1 N–H and O–H groups in total. The number of nitrogens with one attached hydrogen (secondary N) is 1. The minimum Gasteiger partial charge on any atom is -0.448 e. The second-order valence-corrected chi connectivity index (χ2v) is 5.53. The average molecular weight is 317 g/mol. The highest BCUT2D eigenvalue weighted by Gasteiger charge is 2.31. The molecule has 0 saturated carbocycles. The number of carbonyl (C=O) groups excluding carboxylic acids is 2. The van der Waals surface area contributed by atoms with E-state index in [1.807, 2.05) is 0 Å². The Hall–Kier alpha value is -2.70. The van der Waals surface area contributed by atoms with Gasteiger partial charge in [-0.1, -0.05) is 12.1 Å². The summed E-state index contributed by atoms with van der Waals surface area (Å²) >= 11 is 0. The molecule has 0 spiro atoms. The van der Waals surface area contributed by atoms with Crippen LogP contribution in [0.15, 0.2) is 35.1 Å². The molecule has 23 heavy (non-hydrogen) atoms. The number of amides is 2. The molecular formula is C16H16FN3O3. The average Bonchev–Trinajstić information content (AvgIpc) is 3.08. The van der Waals surface area contributed by atoms with Crippen molar-refractivity contribution in [2.75, 3.05) is 6.54 Å². The third kappa shape index (κ3) is 3.39. The zero-order chi connectivity index (χ0) is 16.4. The van der Waals surface area contributed by atoms with Gasteiger partial charge in [-0.15, -0.1) is 0 Å². The summed E-state index contributed by atoms with van der Waals surface area (Å²) in [5.74, 6) is -0.265. The standard InChI is InChI=1S/C16H16FN3O3/c1-10-15(18-9-23-10)16(22)19-13-6-14(21)20(8-13)7-11-2-4-12(17)5-3-11/h2-5,9,13H,6-8H2,1H3,(H,19,22). The van der Waals surface area contributed by atoms with Crippen LogP contribution < -0.4 is 5.32 Å². The van der Waals surface area contributed by atoms with Crippen LogP contribution in [0.2, 0.25) is 0 Å². The van der Waals surface area contributed by atoms with Crippen LogP contribution >= 0.6 is 0 Å². The fraction of sp³-hybridized carbons (Fsp3) is 0.312. The highest BCUT2D eigenvalue weighted by molar-refractivity contribution is 5.94. The van der Waals surface area contributed by atoms with Crippen LogP contribution in [-0.4, -0.2) is 34.3 Å². The zero-order valence-electron chi connectivity index (χ0n) is 12.6. The summed E-state index contributed by atoms with van der Waals surface area (Å²) < 4.78 is 17.9. The van der Waals surface area contributed by atoms with Gasteiger partial charge in [0.05, 0.1) is 6.04 Å². The molecule has 1 fully saturated rings. The normalized spacial score (nSPS) is 17.6. The maximum absolute atomic E-state index is 12.9. The largest absolute Gasteiger partial charge is 0.448 e. The first-order chi connectivity index (χ1) is 11.0. The molecule has 2 heterocycles. The number of benzene rings is 1. The number of aryl methyl sites for hydroxylation is 1. The topological polar surface area (TPSA) is 75.4 Å².